The fourth-order valence-electron chi connectivity index (χ4n) is 7.98. The Labute approximate surface area is 631 Å². The van der Waals surface area contributed by atoms with Crippen molar-refractivity contribution in [3.63, 3.8) is 0 Å². The zero-order chi connectivity index (χ0) is 67.8. The second-order valence-electron chi connectivity index (χ2n) is 19.3. The van der Waals surface area contributed by atoms with Crippen molar-refractivity contribution in [2.24, 2.45) is 5.92 Å². The minimum absolute atomic E-state index is 0.00406. The number of anilines is 1. The SMILES string of the molecule is CN(CC(O)CO)C(=O)C1=C(I)C(NC(=O)C(O)CO)=C(I)C(C(=O)NCCN(CCNC(=O)c2c(I)c(NC(=O)C(O)CO)c(I)c(C(=O)N(C)CC(O)CO)c2I)C(=O)c2c(I)c(C(=O)NCC(O)CO)c(I)c(C(=O)N(C)CC(O)CO)c2I)C1I. The van der Waals surface area contributed by atoms with Crippen molar-refractivity contribution in [2.45, 2.75) is 40.5 Å². The lowest BCUT2D eigenvalue weighted by molar-refractivity contribution is -0.131. The third-order valence-electron chi connectivity index (χ3n) is 12.7. The summed E-state index contributed by atoms with van der Waals surface area (Å²) < 4.78 is -0.719. The molecule has 1 aliphatic carbocycles. The fourth-order valence-corrected chi connectivity index (χ4v) is 22.0. The molecular formula is C50H62I9N9O21. The topological polar surface area (TPSA) is 470 Å². The molecule has 1 aliphatic rings. The summed E-state index contributed by atoms with van der Waals surface area (Å²) in [5.41, 5.74) is -1.39. The van der Waals surface area contributed by atoms with Gasteiger partial charge in [-0.15, -0.1) is 0 Å². The van der Waals surface area contributed by atoms with E-state index in [2.05, 4.69) is 26.6 Å². The van der Waals surface area contributed by atoms with E-state index in [-0.39, 0.29) is 86.4 Å². The number of aliphatic hydroxyl groups is 12. The standard InChI is InChI=1S/C50H62I9N9O21/c1-65(9-19(76)13-70)47(86)27-31(51)24(46(85)62-8-18(75)12-69)32(52)28(35(27)55)50(89)68(6-4-60-44(83)25-33(53)29(48(87)66(2)10-20(77)14-71)38(58)40(36(25)56)63-42(81)22(79)16-73)7-5-61-45(84)26-34(54)30(49(88)67(3)11-21(78)15-72)39(59)41(37(26)57)64-43(82)23(80)17-74/h18-23,25,33,69-80H,4-17H2,1-3H3,(H,60,83)(H,61,84)(H,62,85)(H,63,81)(H,64,82). The van der Waals surface area contributed by atoms with Gasteiger partial charge in [0, 0.05) is 101 Å². The molecule has 39 heteroatoms. The highest BCUT2D eigenvalue weighted by Crippen LogP contribution is 2.45. The number of aliphatic hydroxyl groups excluding tert-OH is 12. The highest BCUT2D eigenvalue weighted by molar-refractivity contribution is 14.1. The Bertz CT molecular complexity index is 3080. The van der Waals surface area contributed by atoms with Gasteiger partial charge in [0.2, 0.25) is 5.91 Å². The van der Waals surface area contributed by atoms with Crippen LogP contribution in [0.2, 0.25) is 0 Å². The van der Waals surface area contributed by atoms with Gasteiger partial charge in [0.05, 0.1) is 120 Å². The maximum absolute atomic E-state index is 15.5. The molecule has 0 saturated heterocycles. The van der Waals surface area contributed by atoms with Crippen molar-refractivity contribution >= 4 is 262 Å². The molecule has 0 aliphatic heterocycles. The first-order valence-corrected chi connectivity index (χ1v) is 35.6. The summed E-state index contributed by atoms with van der Waals surface area (Å²) in [5.74, 6) is -9.39. The summed E-state index contributed by atoms with van der Waals surface area (Å²) in [6.07, 6.45) is -9.46. The number of nitrogens with one attached hydrogen (secondary N) is 5. The van der Waals surface area contributed by atoms with Gasteiger partial charge >= 0.3 is 0 Å². The van der Waals surface area contributed by atoms with Crippen LogP contribution in [0.1, 0.15) is 51.8 Å². The predicted molar refractivity (Wildman–Crippen MR) is 393 cm³/mol. The molecule has 0 fully saturated rings. The third kappa shape index (κ3) is 21.4. The smallest absolute Gasteiger partial charge is 0.256 e. The van der Waals surface area contributed by atoms with Crippen LogP contribution in [0.3, 0.4) is 0 Å². The van der Waals surface area contributed by atoms with Crippen molar-refractivity contribution < 1.29 is 104 Å². The molecule has 496 valence electrons. The van der Waals surface area contributed by atoms with Crippen molar-refractivity contribution in [3.8, 4) is 0 Å². The molecule has 0 bridgehead atoms. The van der Waals surface area contributed by atoms with Crippen LogP contribution in [-0.2, 0) is 19.2 Å². The van der Waals surface area contributed by atoms with E-state index in [0.717, 1.165) is 19.6 Å². The van der Waals surface area contributed by atoms with E-state index in [1.165, 1.54) is 21.1 Å². The first-order chi connectivity index (χ1) is 41.6. The highest BCUT2D eigenvalue weighted by Gasteiger charge is 2.44. The van der Waals surface area contributed by atoms with E-state index in [0.29, 0.717) is 0 Å². The van der Waals surface area contributed by atoms with Gasteiger partial charge in [-0.2, -0.15) is 0 Å². The number of amides is 9. The first kappa shape index (κ1) is 82.5. The van der Waals surface area contributed by atoms with Crippen LogP contribution in [0, 0.1) is 27.3 Å². The molecular weight excluding hydrogens is 2200 g/mol. The number of halogens is 9. The predicted octanol–water partition coefficient (Wildman–Crippen LogP) is -2.42. The molecule has 17 N–H and O–H groups in total. The molecule has 2 aromatic rings. The average molecular weight is 2270 g/mol. The summed E-state index contributed by atoms with van der Waals surface area (Å²) in [5, 5.41) is 131. The molecule has 0 saturated carbocycles. The number of benzene rings is 2. The van der Waals surface area contributed by atoms with Crippen LogP contribution in [0.4, 0.5) is 5.69 Å². The Morgan fingerprint density at radius 1 is 0.461 bits per heavy atom. The van der Waals surface area contributed by atoms with Gasteiger partial charge in [0.15, 0.2) is 12.2 Å². The quantitative estimate of drug-likeness (QED) is 0.0276. The fraction of sp³-hybridized carbons (Fsp3) is 0.500. The van der Waals surface area contributed by atoms with Crippen LogP contribution in [0.25, 0.3) is 0 Å². The molecule has 0 radical (unpaired) electrons. The maximum Gasteiger partial charge on any atom is 0.256 e. The summed E-state index contributed by atoms with van der Waals surface area (Å²) in [6, 6.07) is 0. The number of carbonyl (C=O) groups is 9. The van der Waals surface area contributed by atoms with Gasteiger partial charge in [0.1, 0.15) is 0 Å². The van der Waals surface area contributed by atoms with E-state index >= 15 is 4.79 Å². The minimum atomic E-state index is -1.94. The second-order valence-corrected chi connectivity index (χ2v) is 29.3. The third-order valence-corrected chi connectivity index (χ3v) is 22.8. The number of rotatable bonds is 31. The minimum Gasteiger partial charge on any atom is -0.394 e. The van der Waals surface area contributed by atoms with Crippen molar-refractivity contribution in [2.75, 3.05) is 118 Å². The van der Waals surface area contributed by atoms with E-state index in [1.54, 1.807) is 181 Å². The van der Waals surface area contributed by atoms with Gasteiger partial charge in [-0.25, -0.2) is 0 Å². The van der Waals surface area contributed by atoms with Crippen molar-refractivity contribution in [3.05, 3.63) is 67.7 Å². The number of likely N-dealkylation sites (N-methyl/N-ethyl adjacent to an activating group) is 3. The largest absolute Gasteiger partial charge is 0.394 e. The van der Waals surface area contributed by atoms with Crippen LogP contribution in [0.5, 0.6) is 0 Å². The lowest BCUT2D eigenvalue weighted by Gasteiger charge is -2.33. The monoisotopic (exact) mass is 2270 g/mol. The lowest BCUT2D eigenvalue weighted by Crippen LogP contribution is -2.48. The molecule has 0 heterocycles. The lowest BCUT2D eigenvalue weighted by atomic mass is 9.90. The first-order valence-electron chi connectivity index (χ1n) is 25.8. The van der Waals surface area contributed by atoms with E-state index in [1.807, 2.05) is 22.6 Å². The van der Waals surface area contributed by atoms with Crippen LogP contribution >= 0.6 is 203 Å². The molecule has 2 aromatic carbocycles. The van der Waals surface area contributed by atoms with Gasteiger partial charge in [-0.3, -0.25) is 43.2 Å². The number of allylic oxidation sites excluding steroid dienone is 1. The van der Waals surface area contributed by atoms with Crippen LogP contribution in [0.15, 0.2) is 18.4 Å². The zero-order valence-corrected chi connectivity index (χ0v) is 66.2. The van der Waals surface area contributed by atoms with Gasteiger partial charge < -0.3 is 107 Å². The molecule has 0 spiro atoms. The second kappa shape index (κ2) is 38.8. The summed E-state index contributed by atoms with van der Waals surface area (Å²) in [4.78, 5) is 132. The average Bonchev–Trinajstić information content (AvgIpc) is 0.834. The maximum atomic E-state index is 15.5. The molecule has 3 rings (SSSR count). The summed E-state index contributed by atoms with van der Waals surface area (Å²) in [6.45, 7) is -8.33. The van der Waals surface area contributed by atoms with Crippen LogP contribution in [-0.4, -0.2) is 288 Å². The van der Waals surface area contributed by atoms with E-state index in [9.17, 15) is 99.6 Å². The number of hydrogen-bond acceptors (Lipinski definition) is 21. The summed E-state index contributed by atoms with van der Waals surface area (Å²) >= 11 is 15.8. The summed E-state index contributed by atoms with van der Waals surface area (Å²) in [7, 11) is 3.92. The molecule has 8 atom stereocenters. The Kier molecular flexibility index (Phi) is 36.0. The van der Waals surface area contributed by atoms with E-state index in [4.69, 9.17) is 0 Å². The van der Waals surface area contributed by atoms with Gasteiger partial charge in [-0.1, -0.05) is 22.6 Å². The normalized spacial score (nSPS) is 16.1. The Balaban J connectivity index is 2.34. The number of hydrogen-bond donors (Lipinski definition) is 17. The number of alkyl halides is 1. The van der Waals surface area contributed by atoms with Gasteiger partial charge in [0.25, 0.3) is 47.3 Å². The molecule has 9 amide bonds. The molecule has 8 unspecified atom stereocenters. The highest BCUT2D eigenvalue weighted by atomic mass is 127. The molecule has 30 nitrogen and oxygen atoms in total. The molecule has 89 heavy (non-hydrogen) atoms. The molecule has 0 aromatic heterocycles. The van der Waals surface area contributed by atoms with Gasteiger partial charge in [-0.05, 0) is 181 Å². The van der Waals surface area contributed by atoms with E-state index < -0.39 is 179 Å². The zero-order valence-electron chi connectivity index (χ0n) is 46.7. The number of nitrogens with zero attached hydrogens (tertiary/aromatic N) is 4. The Morgan fingerprint density at radius 3 is 1.28 bits per heavy atom. The van der Waals surface area contributed by atoms with Crippen molar-refractivity contribution in [1.29, 1.82) is 0 Å². The Morgan fingerprint density at radius 2 is 0.831 bits per heavy atom. The van der Waals surface area contributed by atoms with Crippen LogP contribution < -0.4 is 26.6 Å². The Hall–Kier alpha value is -0.760. The van der Waals surface area contributed by atoms with Crippen molar-refractivity contribution in [1.82, 2.24) is 40.9 Å². The number of carbonyl (C=O) groups excluding carboxylic acids is 9.